The van der Waals surface area contributed by atoms with Gasteiger partial charge in [0.05, 0.1) is 17.6 Å². The quantitative estimate of drug-likeness (QED) is 0.459. The van der Waals surface area contributed by atoms with Gasteiger partial charge in [-0.1, -0.05) is 6.07 Å². The fourth-order valence-electron chi connectivity index (χ4n) is 1.89. The van der Waals surface area contributed by atoms with Crippen LogP contribution in [0.3, 0.4) is 0 Å². The summed E-state index contributed by atoms with van der Waals surface area (Å²) < 4.78 is 5.55. The lowest BCUT2D eigenvalue weighted by Gasteiger charge is -2.23. The summed E-state index contributed by atoms with van der Waals surface area (Å²) in [6.07, 6.45) is 0.737. The molecule has 1 aromatic rings. The van der Waals surface area contributed by atoms with E-state index in [-0.39, 0.29) is 17.5 Å². The van der Waals surface area contributed by atoms with E-state index < -0.39 is 4.92 Å². The molecule has 1 aliphatic rings. The molecule has 1 fully saturated rings. The van der Waals surface area contributed by atoms with Crippen molar-refractivity contribution in [3.05, 3.63) is 33.9 Å². The maximum atomic E-state index is 10.7. The minimum atomic E-state index is -0.460. The van der Waals surface area contributed by atoms with Crippen molar-refractivity contribution in [2.24, 2.45) is 0 Å². The topological polar surface area (TPSA) is 90.4 Å². The summed E-state index contributed by atoms with van der Waals surface area (Å²) in [6, 6.07) is 4.90. The second kappa shape index (κ2) is 5.11. The maximum absolute atomic E-state index is 10.7. The Morgan fingerprint density at radius 1 is 1.59 bits per heavy atom. The van der Waals surface area contributed by atoms with E-state index >= 15 is 0 Å². The summed E-state index contributed by atoms with van der Waals surface area (Å²) in [7, 11) is 0. The summed E-state index contributed by atoms with van der Waals surface area (Å²) in [5.41, 5.74) is 6.57. The molecule has 1 aliphatic heterocycles. The van der Waals surface area contributed by atoms with Gasteiger partial charge in [-0.3, -0.25) is 10.1 Å². The smallest absolute Gasteiger partial charge is 0.292 e. The molecule has 1 atom stereocenters. The summed E-state index contributed by atoms with van der Waals surface area (Å²) in [5.74, 6) is 0. The van der Waals surface area contributed by atoms with E-state index in [1.165, 1.54) is 6.07 Å². The molecule has 0 radical (unpaired) electrons. The number of nitro benzene ring substituents is 1. The average Bonchev–Trinajstić information content (AvgIpc) is 2.32. The van der Waals surface area contributed by atoms with Crippen LogP contribution < -0.4 is 11.1 Å². The highest BCUT2D eigenvalue weighted by molar-refractivity contribution is 5.59. The van der Waals surface area contributed by atoms with Gasteiger partial charge < -0.3 is 15.8 Å². The number of anilines is 1. The highest BCUT2D eigenvalue weighted by Gasteiger charge is 2.17. The molecule has 0 bridgehead atoms. The molecule has 0 aromatic heterocycles. The zero-order valence-corrected chi connectivity index (χ0v) is 9.39. The second-order valence-electron chi connectivity index (χ2n) is 4.05. The zero-order valence-electron chi connectivity index (χ0n) is 9.39. The van der Waals surface area contributed by atoms with Gasteiger partial charge in [-0.2, -0.15) is 0 Å². The van der Waals surface area contributed by atoms with Gasteiger partial charge in [-0.25, -0.2) is 0 Å². The van der Waals surface area contributed by atoms with Crippen molar-refractivity contribution < 1.29 is 9.66 Å². The normalized spacial score (nSPS) is 20.1. The summed E-state index contributed by atoms with van der Waals surface area (Å²) in [4.78, 5) is 10.3. The van der Waals surface area contributed by atoms with E-state index in [9.17, 15) is 10.1 Å². The molecule has 0 aliphatic carbocycles. The highest BCUT2D eigenvalue weighted by atomic mass is 16.6. The Balaban J connectivity index is 2.10. The monoisotopic (exact) mass is 237 g/mol. The predicted octanol–water partition coefficient (Wildman–Crippen LogP) is 0.708. The van der Waals surface area contributed by atoms with Crippen LogP contribution in [0.1, 0.15) is 5.56 Å². The van der Waals surface area contributed by atoms with Crippen molar-refractivity contribution in [2.45, 2.75) is 12.5 Å². The van der Waals surface area contributed by atoms with Crippen LogP contribution in [-0.2, 0) is 11.2 Å². The number of ether oxygens (including phenoxy) is 1. The number of rotatable bonds is 3. The molecule has 3 N–H and O–H groups in total. The summed E-state index contributed by atoms with van der Waals surface area (Å²) in [5, 5.41) is 14.0. The third kappa shape index (κ3) is 2.92. The molecule has 1 saturated heterocycles. The van der Waals surface area contributed by atoms with Gasteiger partial charge in [0, 0.05) is 25.6 Å². The number of nitrogens with one attached hydrogen (secondary N) is 1. The first-order valence-corrected chi connectivity index (χ1v) is 5.52. The van der Waals surface area contributed by atoms with Crippen LogP contribution in [0, 0.1) is 10.1 Å². The molecule has 2 rings (SSSR count). The number of nitro groups is 1. The number of hydrogen-bond donors (Lipinski definition) is 2. The van der Waals surface area contributed by atoms with Gasteiger partial charge in [-0.15, -0.1) is 0 Å². The lowest BCUT2D eigenvalue weighted by molar-refractivity contribution is -0.384. The zero-order chi connectivity index (χ0) is 12.3. The van der Waals surface area contributed by atoms with Gasteiger partial charge >= 0.3 is 0 Å². The van der Waals surface area contributed by atoms with Gasteiger partial charge in [0.25, 0.3) is 5.69 Å². The maximum Gasteiger partial charge on any atom is 0.292 e. The Morgan fingerprint density at radius 2 is 2.41 bits per heavy atom. The van der Waals surface area contributed by atoms with Crippen LogP contribution in [0.4, 0.5) is 11.4 Å². The fraction of sp³-hybridized carbons (Fsp3) is 0.455. The van der Waals surface area contributed by atoms with Crippen LogP contribution in [0.5, 0.6) is 0 Å². The van der Waals surface area contributed by atoms with Gasteiger partial charge in [0.1, 0.15) is 5.69 Å². The minimum Gasteiger partial charge on any atom is -0.393 e. The molecule has 17 heavy (non-hydrogen) atoms. The van der Waals surface area contributed by atoms with E-state index in [1.807, 2.05) is 0 Å². The Hall–Kier alpha value is -1.66. The second-order valence-corrected chi connectivity index (χ2v) is 4.05. The molecule has 1 aromatic carbocycles. The number of benzene rings is 1. The lowest BCUT2D eigenvalue weighted by Crippen LogP contribution is -2.39. The highest BCUT2D eigenvalue weighted by Crippen LogP contribution is 2.23. The first-order valence-electron chi connectivity index (χ1n) is 5.52. The molecule has 0 spiro atoms. The molecular weight excluding hydrogens is 222 g/mol. The number of hydrogen-bond acceptors (Lipinski definition) is 5. The molecule has 6 heteroatoms. The van der Waals surface area contributed by atoms with Crippen LogP contribution in [0.25, 0.3) is 0 Å². The first kappa shape index (κ1) is 11.8. The minimum absolute atomic E-state index is 0.0359. The SMILES string of the molecule is Nc1ccc(CC2CNCCO2)cc1[N+](=O)[O-]. The van der Waals surface area contributed by atoms with Crippen molar-refractivity contribution in [3.8, 4) is 0 Å². The third-order valence-electron chi connectivity index (χ3n) is 2.76. The van der Waals surface area contributed by atoms with Gasteiger partial charge in [0.15, 0.2) is 0 Å². The lowest BCUT2D eigenvalue weighted by atomic mass is 10.1. The van der Waals surface area contributed by atoms with Crippen molar-refractivity contribution in [2.75, 3.05) is 25.4 Å². The molecule has 1 unspecified atom stereocenters. The number of morpholine rings is 1. The average molecular weight is 237 g/mol. The van der Waals surface area contributed by atoms with Crippen LogP contribution in [0.2, 0.25) is 0 Å². The van der Waals surface area contributed by atoms with Crippen molar-refractivity contribution in [3.63, 3.8) is 0 Å². The van der Waals surface area contributed by atoms with Gasteiger partial charge in [0.2, 0.25) is 0 Å². The summed E-state index contributed by atoms with van der Waals surface area (Å²) >= 11 is 0. The molecular formula is C11H15N3O3. The van der Waals surface area contributed by atoms with Crippen molar-refractivity contribution in [1.82, 2.24) is 5.32 Å². The fourth-order valence-corrected chi connectivity index (χ4v) is 1.89. The van der Waals surface area contributed by atoms with Crippen LogP contribution >= 0.6 is 0 Å². The van der Waals surface area contributed by atoms with Crippen LogP contribution in [0.15, 0.2) is 18.2 Å². The Kier molecular flexibility index (Phi) is 3.55. The number of nitrogens with two attached hydrogens (primary N) is 1. The Bertz CT molecular complexity index is 416. The molecule has 92 valence electrons. The summed E-state index contributed by atoms with van der Waals surface area (Å²) in [6.45, 7) is 2.32. The van der Waals surface area contributed by atoms with Crippen LogP contribution in [-0.4, -0.2) is 30.7 Å². The van der Waals surface area contributed by atoms with E-state index in [2.05, 4.69) is 5.32 Å². The standard InChI is InChI=1S/C11H15N3O3/c12-10-2-1-8(6-11(10)14(15)16)5-9-7-13-3-4-17-9/h1-2,6,9,13H,3-5,7,12H2. The molecule has 6 nitrogen and oxygen atoms in total. The molecule has 0 amide bonds. The van der Waals surface area contributed by atoms with E-state index in [0.717, 1.165) is 18.7 Å². The van der Waals surface area contributed by atoms with E-state index in [1.54, 1.807) is 12.1 Å². The number of nitrogens with zero attached hydrogens (tertiary/aromatic N) is 1. The Morgan fingerprint density at radius 3 is 3.06 bits per heavy atom. The first-order chi connectivity index (χ1) is 8.16. The Labute approximate surface area is 98.9 Å². The predicted molar refractivity (Wildman–Crippen MR) is 63.8 cm³/mol. The van der Waals surface area contributed by atoms with Crippen molar-refractivity contribution >= 4 is 11.4 Å². The molecule has 1 heterocycles. The van der Waals surface area contributed by atoms with E-state index in [4.69, 9.17) is 10.5 Å². The van der Waals surface area contributed by atoms with E-state index in [0.29, 0.717) is 13.0 Å². The largest absolute Gasteiger partial charge is 0.393 e. The van der Waals surface area contributed by atoms with Gasteiger partial charge in [-0.05, 0) is 11.6 Å². The molecule has 0 saturated carbocycles. The third-order valence-corrected chi connectivity index (χ3v) is 2.76. The van der Waals surface area contributed by atoms with Crippen molar-refractivity contribution in [1.29, 1.82) is 0 Å². The number of nitrogen functional groups attached to an aromatic ring is 1.